The number of aromatic amines is 1. The maximum Gasteiger partial charge on any atom is 0.243 e. The van der Waals surface area contributed by atoms with E-state index in [0.29, 0.717) is 24.8 Å². The van der Waals surface area contributed by atoms with Gasteiger partial charge in [0.05, 0.1) is 12.5 Å². The second kappa shape index (κ2) is 45.4. The molecule has 31 heteroatoms. The monoisotopic (exact) mass is 1500 g/mol. The van der Waals surface area contributed by atoms with E-state index in [2.05, 4.69) is 73.8 Å². The minimum Gasteiger partial charge on any atom is -0.392 e. The lowest BCUT2D eigenvalue weighted by Gasteiger charge is -2.31. The topological polar surface area (TPSA) is 476 Å². The average molecular weight is 1500 g/mol. The van der Waals surface area contributed by atoms with E-state index < -0.39 is 178 Å². The minimum absolute atomic E-state index is 0.00933. The van der Waals surface area contributed by atoms with Crippen LogP contribution in [0.1, 0.15) is 189 Å². The zero-order chi connectivity index (χ0) is 80.0. The molecule has 12 amide bonds. The van der Waals surface area contributed by atoms with Crippen molar-refractivity contribution in [1.29, 1.82) is 0 Å². The number of fused-ring (bicyclic) bond motifs is 1. The van der Waals surface area contributed by atoms with Crippen LogP contribution in [0.25, 0.3) is 10.9 Å². The molecule has 1 aromatic carbocycles. The molecule has 105 heavy (non-hydrogen) atoms. The number of aliphatic imine (C=N–C) groups is 1. The summed E-state index contributed by atoms with van der Waals surface area (Å²) in [5, 5.41) is 43.7. The summed E-state index contributed by atoms with van der Waals surface area (Å²) in [6, 6.07) is -6.76. The Bertz CT molecular complexity index is 3210. The van der Waals surface area contributed by atoms with Crippen LogP contribution in [0.5, 0.6) is 0 Å². The van der Waals surface area contributed by atoms with Crippen molar-refractivity contribution in [2.45, 2.75) is 274 Å². The SMILES string of the molecule is CCC(C)[C@H](NC(=O)[C@@H](Cc1c[nH]c2ccccc12)NC(=O)[C@@H](NC(=O)[C@H](C)NC(=O)[C@@H](CCCN=C(N)N)NC(=O)[C@@H](NC(=O)[C@@H](NC(=O)[C@@H](CC(C)C)NC(=O)[C@H](C)NC(=O)[C@@H](NC(=O)C[C@@H](O)C(C)C)[C@@H](C)C(C)Cl)[C@@H](C)CC)C(C)C)C(C)C)C(=O)N[C@@H](CC(C)C)C(=O)N[C@H](CN)C(C)C. The van der Waals surface area contributed by atoms with Gasteiger partial charge in [0, 0.05) is 53.9 Å². The summed E-state index contributed by atoms with van der Waals surface area (Å²) >= 11 is 6.39. The first-order chi connectivity index (χ1) is 49.0. The molecule has 0 saturated carbocycles. The van der Waals surface area contributed by atoms with E-state index in [1.165, 1.54) is 13.8 Å². The van der Waals surface area contributed by atoms with Crippen LogP contribution >= 0.6 is 11.6 Å². The van der Waals surface area contributed by atoms with Crippen LogP contribution in [-0.2, 0) is 64.0 Å². The van der Waals surface area contributed by atoms with Gasteiger partial charge in [0.25, 0.3) is 0 Å². The van der Waals surface area contributed by atoms with Gasteiger partial charge in [-0.3, -0.25) is 62.5 Å². The number of para-hydroxylation sites is 1. The van der Waals surface area contributed by atoms with Gasteiger partial charge in [-0.15, -0.1) is 11.6 Å². The number of guanidine groups is 1. The number of carbonyl (C=O) groups excluding carboxylic acids is 12. The largest absolute Gasteiger partial charge is 0.392 e. The van der Waals surface area contributed by atoms with Gasteiger partial charge in [-0.25, -0.2) is 0 Å². The number of hydrogen-bond donors (Lipinski definition) is 17. The van der Waals surface area contributed by atoms with Gasteiger partial charge in [-0.05, 0) is 105 Å². The molecule has 0 aliphatic carbocycles. The van der Waals surface area contributed by atoms with Crippen LogP contribution in [-0.4, -0.2) is 184 Å². The first-order valence-corrected chi connectivity index (χ1v) is 37.7. The third kappa shape index (κ3) is 31.1. The number of nitrogens with zero attached hydrogens (tertiary/aromatic N) is 1. The molecule has 0 aliphatic rings. The summed E-state index contributed by atoms with van der Waals surface area (Å²) < 4.78 is 0. The highest BCUT2D eigenvalue weighted by Crippen LogP contribution is 2.22. The summed E-state index contributed by atoms with van der Waals surface area (Å²) in [5.74, 6) is -12.0. The van der Waals surface area contributed by atoms with Crippen molar-refractivity contribution in [1.82, 2.24) is 68.8 Å². The van der Waals surface area contributed by atoms with E-state index in [0.717, 1.165) is 10.9 Å². The molecule has 0 radical (unpaired) electrons. The number of rotatable bonds is 46. The van der Waals surface area contributed by atoms with Crippen LogP contribution in [0.2, 0.25) is 0 Å². The Morgan fingerprint density at radius 1 is 0.476 bits per heavy atom. The number of amides is 12. The summed E-state index contributed by atoms with van der Waals surface area (Å²) in [5.41, 5.74) is 18.6. The molecule has 1 aromatic heterocycles. The Labute approximate surface area is 626 Å². The predicted molar refractivity (Wildman–Crippen MR) is 408 cm³/mol. The first kappa shape index (κ1) is 93.0. The summed E-state index contributed by atoms with van der Waals surface area (Å²) in [4.78, 5) is 178. The second-order valence-corrected chi connectivity index (χ2v) is 31.1. The number of aromatic nitrogens is 1. The summed E-state index contributed by atoms with van der Waals surface area (Å²) in [6.07, 6.45) is 1.65. The smallest absolute Gasteiger partial charge is 0.243 e. The number of carbonyl (C=O) groups is 12. The van der Waals surface area contributed by atoms with Gasteiger partial charge in [0.1, 0.15) is 66.5 Å². The number of aliphatic hydroxyl groups excluding tert-OH is 1. The molecular weight excluding hydrogens is 1370 g/mol. The van der Waals surface area contributed by atoms with Gasteiger partial charge in [-0.1, -0.05) is 149 Å². The molecule has 0 saturated heterocycles. The molecule has 0 spiro atoms. The fraction of sp³-hybridized carbons (Fsp3) is 0.716. The van der Waals surface area contributed by atoms with Crippen LogP contribution in [0.15, 0.2) is 35.5 Å². The molecule has 0 aliphatic heterocycles. The van der Waals surface area contributed by atoms with Gasteiger partial charge >= 0.3 is 0 Å². The molecule has 2 rings (SSSR count). The van der Waals surface area contributed by atoms with Gasteiger partial charge in [0.2, 0.25) is 70.9 Å². The third-order valence-electron chi connectivity index (χ3n) is 19.0. The van der Waals surface area contributed by atoms with E-state index in [1.54, 1.807) is 82.4 Å². The molecule has 0 bridgehead atoms. The van der Waals surface area contributed by atoms with Crippen molar-refractivity contribution < 1.29 is 62.6 Å². The van der Waals surface area contributed by atoms with Gasteiger partial charge < -0.3 is 91.1 Å². The average Bonchev–Trinajstić information content (AvgIpc) is 1.74. The highest BCUT2D eigenvalue weighted by molar-refractivity contribution is 6.20. The Kier molecular flexibility index (Phi) is 40.2. The third-order valence-corrected chi connectivity index (χ3v) is 19.4. The molecule has 30 nitrogen and oxygen atoms in total. The van der Waals surface area contributed by atoms with E-state index in [1.807, 2.05) is 72.7 Å². The molecule has 20 N–H and O–H groups in total. The van der Waals surface area contributed by atoms with Crippen molar-refractivity contribution in [2.75, 3.05) is 13.1 Å². The second-order valence-electron chi connectivity index (χ2n) is 30.4. The highest BCUT2D eigenvalue weighted by atomic mass is 35.5. The van der Waals surface area contributed by atoms with Crippen molar-refractivity contribution in [3.05, 3.63) is 36.0 Å². The Hall–Kier alpha value is -8.12. The molecule has 2 unspecified atom stereocenters. The Morgan fingerprint density at radius 3 is 1.35 bits per heavy atom. The van der Waals surface area contributed by atoms with Gasteiger partial charge in [0.15, 0.2) is 5.96 Å². The summed E-state index contributed by atoms with van der Waals surface area (Å²) in [7, 11) is 0. The Balaban J connectivity index is 2.47. The van der Waals surface area contributed by atoms with Crippen molar-refractivity contribution in [3.63, 3.8) is 0 Å². The standard InChI is InChI=1S/C74H128ClN17O13/c1-21-42(15)60(71(103)85-52(30-36(3)4)66(98)87-55(34-76)38(7)8)91-68(100)54(32-48-35-80-50-27-24-23-26-49(48)50)86-70(102)58(40(11)12)89-64(96)47(20)81-65(97)51(28-25-29-79-74(77)78)83-69(101)59(41(13)14)90-72(104)61(43(16)22-2)92-67(99)53(31-37(5)6)84-63(95)46(19)82-73(105)62(44(17)45(18)75)88-57(94)33-56(93)39(9)10/h23-24,26-27,35-47,51-56,58-62,80,93H,21-22,25,28-34,76H2,1-20H3,(H,81,97)(H,82,105)(H,83,101)(H,84,95)(H,85,103)(H,86,102)(H,87,98)(H,88,94)(H,89,96)(H,90,104)(H,91,100)(H,92,99)(H4,77,78,79)/t42?,43-,44-,45?,46-,47-,51+,52-,53+,54+,55+,56+,58-,59-,60-,61-,62-/m0/s1. The lowest BCUT2D eigenvalue weighted by atomic mass is 9.95. The van der Waals surface area contributed by atoms with E-state index in [9.17, 15) is 62.6 Å². The number of benzene rings is 1. The summed E-state index contributed by atoms with van der Waals surface area (Å²) in [6.45, 7) is 34.9. The number of hydrogen-bond acceptors (Lipinski definition) is 15. The molecule has 2 aromatic rings. The van der Waals surface area contributed by atoms with Crippen LogP contribution in [0.3, 0.4) is 0 Å². The number of halogens is 1. The lowest BCUT2D eigenvalue weighted by molar-refractivity contribution is -0.137. The quantitative estimate of drug-likeness (QED) is 0.0196. The van der Waals surface area contributed by atoms with E-state index >= 15 is 0 Å². The van der Waals surface area contributed by atoms with Crippen molar-refractivity contribution >= 4 is 99.3 Å². The minimum atomic E-state index is -1.38. The van der Waals surface area contributed by atoms with Crippen LogP contribution in [0.4, 0.5) is 0 Å². The van der Waals surface area contributed by atoms with Crippen molar-refractivity contribution in [2.24, 2.45) is 75.5 Å². The fourth-order valence-corrected chi connectivity index (χ4v) is 11.5. The van der Waals surface area contributed by atoms with Crippen molar-refractivity contribution in [3.8, 4) is 0 Å². The molecule has 1 heterocycles. The predicted octanol–water partition coefficient (Wildman–Crippen LogP) is 2.40. The maximum absolute atomic E-state index is 14.8. The van der Waals surface area contributed by atoms with E-state index in [-0.39, 0.29) is 80.9 Å². The molecular formula is C74H128ClN17O13. The zero-order valence-corrected chi connectivity index (χ0v) is 66.4. The molecule has 0 fully saturated rings. The zero-order valence-electron chi connectivity index (χ0n) is 65.6. The fourth-order valence-electron chi connectivity index (χ4n) is 11.4. The molecule has 594 valence electrons. The maximum atomic E-state index is 14.8. The number of aliphatic hydroxyl groups is 1. The molecule has 17 atom stereocenters. The number of alkyl halides is 1. The first-order valence-electron chi connectivity index (χ1n) is 37.3. The Morgan fingerprint density at radius 2 is 0.886 bits per heavy atom. The van der Waals surface area contributed by atoms with Crippen LogP contribution < -0.4 is 81.0 Å². The van der Waals surface area contributed by atoms with Gasteiger partial charge in [-0.2, -0.15) is 0 Å². The number of H-pyrrole nitrogens is 1. The normalized spacial score (nSPS) is 16.5. The van der Waals surface area contributed by atoms with E-state index in [4.69, 9.17) is 28.8 Å². The van der Waals surface area contributed by atoms with Crippen LogP contribution in [0, 0.1) is 53.3 Å². The lowest BCUT2D eigenvalue weighted by Crippen LogP contribution is -2.62. The number of nitrogens with one attached hydrogen (secondary N) is 13. The number of nitrogens with two attached hydrogens (primary N) is 3. The highest BCUT2D eigenvalue weighted by Gasteiger charge is 2.40.